The molecule has 2 heterocycles. The minimum atomic E-state index is -3.71. The largest absolute Gasteiger partial charge is 0.493 e. The summed E-state index contributed by atoms with van der Waals surface area (Å²) in [6, 6.07) is 12.1. The van der Waals surface area contributed by atoms with Crippen LogP contribution in [0.4, 0.5) is 0 Å². The summed E-state index contributed by atoms with van der Waals surface area (Å²) in [7, 11) is -3.71. The fraction of sp³-hybridized carbons (Fsp3) is 0.158. The number of ether oxygens (including phenoxy) is 1. The summed E-state index contributed by atoms with van der Waals surface area (Å²) in [4.78, 5) is 17.2. The number of benzene rings is 2. The average molecular weight is 415 g/mol. The van der Waals surface area contributed by atoms with E-state index in [2.05, 4.69) is 10.3 Å². The standard InChI is InChI=1S/C19H17N3O4S2/c20-28(24,25)15-4-1-12(2-5-15)11-21-19-22-18(23)17(27-19)10-13-3-6-16-14(9-13)7-8-26-16/h1-6,9-10H,7-8,11H2,(H2,20,24,25)(H,21,22,23)/b17-10-. The average Bonchev–Trinajstić information content (AvgIpc) is 3.26. The topological polar surface area (TPSA) is 111 Å². The molecule has 28 heavy (non-hydrogen) atoms. The van der Waals surface area contributed by atoms with Crippen LogP contribution in [0, 0.1) is 0 Å². The van der Waals surface area contributed by atoms with Gasteiger partial charge in [0.25, 0.3) is 5.91 Å². The number of carbonyl (C=O) groups is 1. The summed E-state index contributed by atoms with van der Waals surface area (Å²) in [5, 5.41) is 8.34. The molecule has 0 spiro atoms. The van der Waals surface area contributed by atoms with Crippen molar-refractivity contribution in [3.63, 3.8) is 0 Å². The van der Waals surface area contributed by atoms with Crippen molar-refractivity contribution in [1.29, 1.82) is 0 Å². The molecule has 9 heteroatoms. The highest BCUT2D eigenvalue weighted by Crippen LogP contribution is 2.30. The van der Waals surface area contributed by atoms with Gasteiger partial charge in [0.15, 0.2) is 5.17 Å². The van der Waals surface area contributed by atoms with Crippen molar-refractivity contribution >= 4 is 38.9 Å². The molecule has 144 valence electrons. The molecular formula is C19H17N3O4S2. The second kappa shape index (κ2) is 7.42. The predicted molar refractivity (Wildman–Crippen MR) is 108 cm³/mol. The Morgan fingerprint density at radius 2 is 2.00 bits per heavy atom. The van der Waals surface area contributed by atoms with E-state index in [-0.39, 0.29) is 10.8 Å². The van der Waals surface area contributed by atoms with Crippen LogP contribution in [0.5, 0.6) is 5.75 Å². The Morgan fingerprint density at radius 3 is 2.75 bits per heavy atom. The Hall–Kier alpha value is -2.62. The third kappa shape index (κ3) is 4.11. The number of amides is 1. The van der Waals surface area contributed by atoms with E-state index >= 15 is 0 Å². The molecule has 0 bridgehead atoms. The molecule has 0 atom stereocenters. The zero-order chi connectivity index (χ0) is 19.7. The highest BCUT2D eigenvalue weighted by Gasteiger charge is 2.24. The summed E-state index contributed by atoms with van der Waals surface area (Å²) in [6.07, 6.45) is 2.71. The molecule has 0 aromatic heterocycles. The van der Waals surface area contributed by atoms with E-state index in [1.807, 2.05) is 24.3 Å². The maximum Gasteiger partial charge on any atom is 0.264 e. The third-order valence-electron chi connectivity index (χ3n) is 4.32. The number of nitrogens with one attached hydrogen (secondary N) is 1. The van der Waals surface area contributed by atoms with E-state index in [4.69, 9.17) is 9.88 Å². The number of rotatable bonds is 4. The zero-order valence-electron chi connectivity index (χ0n) is 14.7. The summed E-state index contributed by atoms with van der Waals surface area (Å²) in [5.74, 6) is 0.714. The predicted octanol–water partition coefficient (Wildman–Crippen LogP) is 2.03. The molecule has 7 nitrogen and oxygen atoms in total. The number of amidine groups is 1. The fourth-order valence-electron chi connectivity index (χ4n) is 2.90. The summed E-state index contributed by atoms with van der Waals surface area (Å²) >= 11 is 1.28. The number of fused-ring (bicyclic) bond motifs is 1. The van der Waals surface area contributed by atoms with Crippen molar-refractivity contribution in [1.82, 2.24) is 5.32 Å². The minimum absolute atomic E-state index is 0.0532. The van der Waals surface area contributed by atoms with E-state index in [1.54, 1.807) is 12.1 Å². The van der Waals surface area contributed by atoms with Gasteiger partial charge in [0.05, 0.1) is 23.0 Å². The maximum atomic E-state index is 12.2. The van der Waals surface area contributed by atoms with Crippen molar-refractivity contribution < 1.29 is 17.9 Å². The Kier molecular flexibility index (Phi) is 4.96. The number of nitrogens with two attached hydrogens (primary N) is 1. The normalized spacial score (nSPS) is 19.0. The van der Waals surface area contributed by atoms with Gasteiger partial charge in [-0.2, -0.15) is 0 Å². The molecular weight excluding hydrogens is 398 g/mol. The maximum absolute atomic E-state index is 12.2. The van der Waals surface area contributed by atoms with Gasteiger partial charge in [-0.15, -0.1) is 0 Å². The summed E-state index contributed by atoms with van der Waals surface area (Å²) < 4.78 is 28.1. The fourth-order valence-corrected chi connectivity index (χ4v) is 4.23. The third-order valence-corrected chi connectivity index (χ3v) is 6.20. The number of carbonyl (C=O) groups excluding carboxylic acids is 1. The van der Waals surface area contributed by atoms with Crippen LogP contribution in [-0.2, 0) is 27.8 Å². The highest BCUT2D eigenvalue weighted by atomic mass is 32.2. The van der Waals surface area contributed by atoms with Gasteiger partial charge in [0.2, 0.25) is 10.0 Å². The summed E-state index contributed by atoms with van der Waals surface area (Å²) in [5.41, 5.74) is 2.90. The van der Waals surface area contributed by atoms with Gasteiger partial charge in [-0.3, -0.25) is 9.79 Å². The second-order valence-electron chi connectivity index (χ2n) is 6.34. The molecule has 2 aliphatic rings. The zero-order valence-corrected chi connectivity index (χ0v) is 16.3. The quantitative estimate of drug-likeness (QED) is 0.743. The van der Waals surface area contributed by atoms with Crippen molar-refractivity contribution in [3.8, 4) is 5.75 Å². The molecule has 0 saturated carbocycles. The Balaban J connectivity index is 1.45. The molecule has 0 unspecified atom stereocenters. The first-order chi connectivity index (χ1) is 13.4. The lowest BCUT2D eigenvalue weighted by Crippen LogP contribution is -2.19. The first kappa shape index (κ1) is 18.7. The van der Waals surface area contributed by atoms with E-state index < -0.39 is 10.0 Å². The molecule has 1 amide bonds. The highest BCUT2D eigenvalue weighted by molar-refractivity contribution is 8.18. The SMILES string of the molecule is NS(=O)(=O)c1ccc(CN=C2NC(=O)/C(=C/c3ccc4c(c3)CCO4)S2)cc1. The van der Waals surface area contributed by atoms with Crippen LogP contribution in [-0.4, -0.2) is 26.1 Å². The van der Waals surface area contributed by atoms with Gasteiger partial charge in [-0.25, -0.2) is 13.6 Å². The number of hydrogen-bond acceptors (Lipinski definition) is 6. The Morgan fingerprint density at radius 1 is 1.21 bits per heavy atom. The van der Waals surface area contributed by atoms with Gasteiger partial charge in [-0.1, -0.05) is 18.2 Å². The van der Waals surface area contributed by atoms with Crippen LogP contribution in [0.15, 0.2) is 57.3 Å². The van der Waals surface area contributed by atoms with Crippen molar-refractivity contribution in [3.05, 3.63) is 64.1 Å². The van der Waals surface area contributed by atoms with Crippen LogP contribution in [0.3, 0.4) is 0 Å². The lowest BCUT2D eigenvalue weighted by Gasteiger charge is -2.01. The number of sulfonamides is 1. The molecule has 1 fully saturated rings. The first-order valence-electron chi connectivity index (χ1n) is 8.51. The molecule has 2 aliphatic heterocycles. The number of primary sulfonamides is 1. The Labute approximate surface area is 166 Å². The smallest absolute Gasteiger partial charge is 0.264 e. The van der Waals surface area contributed by atoms with Gasteiger partial charge >= 0.3 is 0 Å². The number of aliphatic imine (C=N–C) groups is 1. The van der Waals surface area contributed by atoms with E-state index in [0.717, 1.165) is 28.9 Å². The second-order valence-corrected chi connectivity index (χ2v) is 8.93. The number of hydrogen-bond donors (Lipinski definition) is 2. The van der Waals surface area contributed by atoms with Crippen molar-refractivity contribution in [2.75, 3.05) is 6.61 Å². The molecule has 0 aliphatic carbocycles. The van der Waals surface area contributed by atoms with Crippen LogP contribution in [0.2, 0.25) is 0 Å². The Bertz CT molecular complexity index is 1110. The molecule has 3 N–H and O–H groups in total. The van der Waals surface area contributed by atoms with Crippen LogP contribution in [0.1, 0.15) is 16.7 Å². The van der Waals surface area contributed by atoms with Crippen LogP contribution < -0.4 is 15.2 Å². The lowest BCUT2D eigenvalue weighted by atomic mass is 10.1. The monoisotopic (exact) mass is 415 g/mol. The number of thioether (sulfide) groups is 1. The molecule has 2 aromatic rings. The molecule has 2 aromatic carbocycles. The van der Waals surface area contributed by atoms with Crippen LogP contribution in [0.25, 0.3) is 6.08 Å². The lowest BCUT2D eigenvalue weighted by molar-refractivity contribution is -0.115. The van der Waals surface area contributed by atoms with E-state index in [1.165, 1.54) is 23.9 Å². The van der Waals surface area contributed by atoms with Crippen LogP contribution >= 0.6 is 11.8 Å². The molecule has 0 radical (unpaired) electrons. The van der Waals surface area contributed by atoms with Gasteiger partial charge in [-0.05, 0) is 58.8 Å². The summed E-state index contributed by atoms with van der Waals surface area (Å²) in [6.45, 7) is 1.01. The van der Waals surface area contributed by atoms with E-state index in [9.17, 15) is 13.2 Å². The van der Waals surface area contributed by atoms with Gasteiger partial charge < -0.3 is 10.1 Å². The van der Waals surface area contributed by atoms with Crippen molar-refractivity contribution in [2.24, 2.45) is 10.1 Å². The van der Waals surface area contributed by atoms with E-state index in [0.29, 0.717) is 23.2 Å². The van der Waals surface area contributed by atoms with Crippen molar-refractivity contribution in [2.45, 2.75) is 17.9 Å². The van der Waals surface area contributed by atoms with Gasteiger partial charge in [0.1, 0.15) is 5.75 Å². The van der Waals surface area contributed by atoms with Gasteiger partial charge in [0, 0.05) is 6.42 Å². The first-order valence-corrected chi connectivity index (χ1v) is 10.9. The minimum Gasteiger partial charge on any atom is -0.493 e. The number of nitrogens with zero attached hydrogens (tertiary/aromatic N) is 1. The molecule has 1 saturated heterocycles. The molecule has 4 rings (SSSR count).